The second kappa shape index (κ2) is 13.3. The van der Waals surface area contributed by atoms with Crippen LogP contribution in [-0.4, -0.2) is 0 Å². The average Bonchev–Trinajstić information content (AvgIpc) is 2.99. The summed E-state index contributed by atoms with van der Waals surface area (Å²) >= 11 is 0. The van der Waals surface area contributed by atoms with Crippen LogP contribution in [0.1, 0.15) is 61.6 Å². The van der Waals surface area contributed by atoms with E-state index >= 15 is 22.0 Å². The van der Waals surface area contributed by atoms with Crippen LogP contribution in [0.25, 0.3) is 28.3 Å². The molecule has 0 amide bonds. The molecule has 1 saturated carbocycles. The molecule has 0 spiro atoms. The third kappa shape index (κ3) is 7.00. The van der Waals surface area contributed by atoms with Gasteiger partial charge in [-0.05, 0) is 97.0 Å². The molecule has 4 aromatic carbocycles. The Bertz CT molecular complexity index is 1710. The first-order valence-electron chi connectivity index (χ1n) is 14.8. The summed E-state index contributed by atoms with van der Waals surface area (Å²) in [5, 5.41) is 0. The topological polar surface area (TPSA) is 9.23 Å². The molecule has 234 valence electrons. The monoisotopic (exact) mass is 624 g/mol. The van der Waals surface area contributed by atoms with E-state index in [1.54, 1.807) is 6.07 Å². The van der Waals surface area contributed by atoms with Gasteiger partial charge in [0.25, 0.3) is 0 Å². The van der Waals surface area contributed by atoms with E-state index in [-0.39, 0.29) is 33.7 Å². The minimum absolute atomic E-state index is 0.105. The zero-order valence-corrected chi connectivity index (χ0v) is 24.5. The third-order valence-electron chi connectivity index (χ3n) is 8.24. The second-order valence-electron chi connectivity index (χ2n) is 11.2. The Morgan fingerprint density at radius 2 is 1.36 bits per heavy atom. The summed E-state index contributed by atoms with van der Waals surface area (Å²) in [4.78, 5) is 0. The molecule has 0 saturated heterocycles. The van der Waals surface area contributed by atoms with Crippen molar-refractivity contribution >= 4 is 6.08 Å². The van der Waals surface area contributed by atoms with Gasteiger partial charge in [0.05, 0.1) is 0 Å². The largest absolute Gasteiger partial charge is 0.432 e. The van der Waals surface area contributed by atoms with Gasteiger partial charge >= 0.3 is 6.11 Å². The van der Waals surface area contributed by atoms with Crippen LogP contribution < -0.4 is 4.74 Å². The molecule has 0 N–H and O–H groups in total. The van der Waals surface area contributed by atoms with Crippen LogP contribution >= 0.6 is 0 Å². The molecule has 0 heterocycles. The molecule has 0 bridgehead atoms. The first-order valence-corrected chi connectivity index (χ1v) is 14.8. The smallest absolute Gasteiger partial charge is 0.429 e. The summed E-state index contributed by atoms with van der Waals surface area (Å²) in [5.74, 6) is -5.78. The number of ether oxygens (including phenoxy) is 1. The Kier molecular flexibility index (Phi) is 9.51. The summed E-state index contributed by atoms with van der Waals surface area (Å²) in [6.07, 6.45) is 5.83. The quantitative estimate of drug-likeness (QED) is 0.133. The molecular formula is C37H31F7O. The van der Waals surface area contributed by atoms with Crippen LogP contribution in [0.2, 0.25) is 0 Å². The second-order valence-corrected chi connectivity index (χ2v) is 11.2. The van der Waals surface area contributed by atoms with Crippen molar-refractivity contribution in [3.8, 4) is 28.0 Å². The molecule has 4 aromatic rings. The van der Waals surface area contributed by atoms with Gasteiger partial charge in [-0.2, -0.15) is 8.78 Å². The first kappa shape index (κ1) is 32.1. The SMILES string of the molecule is C=Cc1ccc(-c2ccc(OC(F)(F)c3c(F)cc(-c4ccc(C5CCC(C=CCC)CC5)cc4F)cc3F)cc2F)cc1F. The van der Waals surface area contributed by atoms with Crippen molar-refractivity contribution in [1.29, 1.82) is 0 Å². The maximum absolute atomic E-state index is 15.2. The van der Waals surface area contributed by atoms with Gasteiger partial charge in [0.2, 0.25) is 0 Å². The number of hydrogen-bond acceptors (Lipinski definition) is 1. The van der Waals surface area contributed by atoms with E-state index in [0.29, 0.717) is 24.1 Å². The minimum Gasteiger partial charge on any atom is -0.429 e. The number of halogens is 7. The molecule has 1 aliphatic carbocycles. The molecule has 0 aliphatic heterocycles. The lowest BCUT2D eigenvalue weighted by Crippen LogP contribution is -2.25. The lowest BCUT2D eigenvalue weighted by atomic mass is 9.78. The van der Waals surface area contributed by atoms with E-state index < -0.39 is 46.5 Å². The Morgan fingerprint density at radius 1 is 0.733 bits per heavy atom. The summed E-state index contributed by atoms with van der Waals surface area (Å²) in [5.41, 5.74) is -1.09. The van der Waals surface area contributed by atoms with E-state index in [1.807, 2.05) is 0 Å². The Labute approximate surface area is 257 Å². The number of hydrogen-bond donors (Lipinski definition) is 0. The normalized spacial score (nSPS) is 17.1. The fraction of sp³-hybridized carbons (Fsp3) is 0.243. The molecule has 1 fully saturated rings. The Hall–Kier alpha value is -4.33. The van der Waals surface area contributed by atoms with Gasteiger partial charge in [-0.25, -0.2) is 22.0 Å². The molecule has 5 rings (SSSR count). The van der Waals surface area contributed by atoms with Gasteiger partial charge in [0, 0.05) is 22.8 Å². The number of allylic oxidation sites excluding steroid dienone is 2. The van der Waals surface area contributed by atoms with E-state index in [0.717, 1.165) is 55.9 Å². The maximum Gasteiger partial charge on any atom is 0.432 e. The zero-order chi connectivity index (χ0) is 32.3. The highest BCUT2D eigenvalue weighted by Crippen LogP contribution is 2.40. The van der Waals surface area contributed by atoms with Crippen molar-refractivity contribution in [3.63, 3.8) is 0 Å². The maximum atomic E-state index is 15.2. The van der Waals surface area contributed by atoms with Gasteiger partial charge in [0.15, 0.2) is 0 Å². The summed E-state index contributed by atoms with van der Waals surface area (Å²) < 4.78 is 109. The van der Waals surface area contributed by atoms with Crippen molar-refractivity contribution in [2.75, 3.05) is 0 Å². The first-order chi connectivity index (χ1) is 21.5. The summed E-state index contributed by atoms with van der Waals surface area (Å²) in [6.45, 7) is 5.55. The van der Waals surface area contributed by atoms with Crippen molar-refractivity contribution in [2.24, 2.45) is 5.92 Å². The summed E-state index contributed by atoms with van der Waals surface area (Å²) in [6, 6.07) is 12.2. The van der Waals surface area contributed by atoms with Gasteiger partial charge in [-0.1, -0.05) is 56.0 Å². The molecule has 1 aliphatic rings. The molecule has 0 radical (unpaired) electrons. The molecule has 0 aromatic heterocycles. The van der Waals surface area contributed by atoms with E-state index in [9.17, 15) is 8.78 Å². The van der Waals surface area contributed by atoms with Crippen LogP contribution in [0.3, 0.4) is 0 Å². The predicted octanol–water partition coefficient (Wildman–Crippen LogP) is 11.7. The van der Waals surface area contributed by atoms with Gasteiger partial charge in [0.1, 0.15) is 40.4 Å². The molecule has 0 unspecified atom stereocenters. The van der Waals surface area contributed by atoms with Crippen LogP contribution in [0.5, 0.6) is 5.75 Å². The molecule has 45 heavy (non-hydrogen) atoms. The number of benzene rings is 4. The fourth-order valence-corrected chi connectivity index (χ4v) is 5.85. The predicted molar refractivity (Wildman–Crippen MR) is 162 cm³/mol. The van der Waals surface area contributed by atoms with Crippen molar-refractivity contribution < 1.29 is 35.5 Å². The van der Waals surface area contributed by atoms with E-state index in [4.69, 9.17) is 0 Å². The van der Waals surface area contributed by atoms with Crippen molar-refractivity contribution in [3.05, 3.63) is 131 Å². The molecule has 0 atom stereocenters. The highest BCUT2D eigenvalue weighted by molar-refractivity contribution is 5.68. The highest BCUT2D eigenvalue weighted by atomic mass is 19.3. The molecule has 8 heteroatoms. The van der Waals surface area contributed by atoms with Gasteiger partial charge in [-0.15, -0.1) is 0 Å². The van der Waals surface area contributed by atoms with Crippen LogP contribution in [0, 0.1) is 35.0 Å². The van der Waals surface area contributed by atoms with E-state index in [2.05, 4.69) is 30.4 Å². The molecule has 1 nitrogen and oxygen atoms in total. The van der Waals surface area contributed by atoms with Gasteiger partial charge in [-0.3, -0.25) is 0 Å². The standard InChI is InChI=1S/C37H31F7O/c1-3-5-6-22-7-9-24(10-8-22)25-13-15-30(32(39)17-25)27-19-34(41)36(35(42)20-27)37(43,44)45-28-14-16-29(33(40)21-28)26-12-11-23(4-2)31(38)18-26/h4-6,11-22,24H,2-3,7-10H2,1H3. The Balaban J connectivity index is 1.34. The number of rotatable bonds is 9. The highest BCUT2D eigenvalue weighted by Gasteiger charge is 2.41. The van der Waals surface area contributed by atoms with Gasteiger partial charge < -0.3 is 4.74 Å². The Morgan fingerprint density at radius 3 is 1.96 bits per heavy atom. The third-order valence-corrected chi connectivity index (χ3v) is 8.24. The minimum atomic E-state index is -4.55. The average molecular weight is 625 g/mol. The zero-order valence-electron chi connectivity index (χ0n) is 24.5. The summed E-state index contributed by atoms with van der Waals surface area (Å²) in [7, 11) is 0. The van der Waals surface area contributed by atoms with E-state index in [1.165, 1.54) is 30.3 Å². The van der Waals surface area contributed by atoms with Crippen LogP contribution in [0.15, 0.2) is 85.5 Å². The molecular weight excluding hydrogens is 593 g/mol. The lowest BCUT2D eigenvalue weighted by molar-refractivity contribution is -0.189. The van der Waals surface area contributed by atoms with Crippen LogP contribution in [0.4, 0.5) is 30.7 Å². The fourth-order valence-electron chi connectivity index (χ4n) is 5.85. The van der Waals surface area contributed by atoms with Crippen molar-refractivity contribution in [1.82, 2.24) is 0 Å². The lowest BCUT2D eigenvalue weighted by Gasteiger charge is -2.27. The van der Waals surface area contributed by atoms with Crippen LogP contribution in [-0.2, 0) is 6.11 Å². The van der Waals surface area contributed by atoms with Crippen molar-refractivity contribution in [2.45, 2.75) is 51.1 Å². The number of alkyl halides is 2.